The largest absolute Gasteiger partial charge is 1.00 e. The Bertz CT molecular complexity index is 489. The zero-order chi connectivity index (χ0) is 14.0. The quantitative estimate of drug-likeness (QED) is 0.585. The Morgan fingerprint density at radius 3 is 2.43 bits per heavy atom. The van der Waals surface area contributed by atoms with Gasteiger partial charge in [-0.05, 0) is 0 Å². The van der Waals surface area contributed by atoms with E-state index < -0.39 is 0 Å². The van der Waals surface area contributed by atoms with E-state index in [0.717, 1.165) is 6.42 Å². The number of hydrogen-bond donors (Lipinski definition) is 0. The normalized spacial score (nSPS) is 24.5. The van der Waals surface area contributed by atoms with Crippen molar-refractivity contribution in [1.29, 1.82) is 0 Å². The monoisotopic (exact) mass is 377 g/mol. The van der Waals surface area contributed by atoms with Crippen molar-refractivity contribution in [3.8, 4) is 0 Å². The predicted molar refractivity (Wildman–Crippen MR) is 83.0 cm³/mol. The minimum Gasteiger partial charge on any atom is -1.00 e. The summed E-state index contributed by atoms with van der Waals surface area (Å²) in [6.07, 6.45) is 13.0. The van der Waals surface area contributed by atoms with Crippen LogP contribution in [0, 0.1) is 0 Å². The van der Waals surface area contributed by atoms with Gasteiger partial charge in [0.15, 0.2) is 0 Å². The summed E-state index contributed by atoms with van der Waals surface area (Å²) >= 11 is 4.42. The second-order valence-corrected chi connectivity index (χ2v) is 8.83. The second-order valence-electron chi connectivity index (χ2n) is 5.93. The summed E-state index contributed by atoms with van der Waals surface area (Å²) in [5, 5.41) is 0.668. The molecule has 1 unspecified atom stereocenters. The van der Waals surface area contributed by atoms with Gasteiger partial charge in [-0.2, -0.15) is 0 Å². The molecule has 0 saturated carbocycles. The van der Waals surface area contributed by atoms with Gasteiger partial charge in [0.1, 0.15) is 0 Å². The molecule has 0 aromatic carbocycles. The summed E-state index contributed by atoms with van der Waals surface area (Å²) in [7, 11) is 0. The van der Waals surface area contributed by atoms with Crippen LogP contribution in [0.4, 0.5) is 0 Å². The van der Waals surface area contributed by atoms with E-state index in [4.69, 9.17) is 0 Å². The smallest absolute Gasteiger partial charge is 1.00 e. The molecule has 0 spiro atoms. The van der Waals surface area contributed by atoms with Crippen molar-refractivity contribution in [2.45, 2.75) is 57.0 Å². The summed E-state index contributed by atoms with van der Waals surface area (Å²) in [5.74, 6) is 0. The maximum Gasteiger partial charge on any atom is -1.00 e. The van der Waals surface area contributed by atoms with Crippen LogP contribution in [0.5, 0.6) is 0 Å². The fourth-order valence-corrected chi connectivity index (χ4v) is 4.91. The maximum atomic E-state index is 2.41. The first-order valence-corrected chi connectivity index (χ1v) is 8.72. The van der Waals surface area contributed by atoms with Gasteiger partial charge in [-0.1, -0.05) is 0 Å². The third kappa shape index (κ3) is 5.32. The Morgan fingerprint density at radius 1 is 1.29 bits per heavy atom. The first-order chi connectivity index (χ1) is 8.93. The Balaban J connectivity index is 0.00000200. The Hall–Kier alpha value is 0.604. The third-order valence-electron chi connectivity index (χ3n) is 3.88. The molecule has 0 nitrogen and oxygen atoms in total. The molecule has 2 aliphatic rings. The Kier molecular flexibility index (Phi) is 9.30. The summed E-state index contributed by atoms with van der Waals surface area (Å²) in [4.78, 5) is 0. The molecule has 0 amide bonds. The molecule has 0 saturated heterocycles. The molecule has 0 heterocycles. The average molecular weight is 378 g/mol. The standard InChI is InChI=1S/C17H23S.2ClH.Ti/c1-13(2)18-17(12-16-7-5-6-8-16)10-9-14(3)11-15(17)4;;;/h5,7,9,11,13H,6,10,12H2,1-4H3;2*1H;/q;;;+2/p-2. The van der Waals surface area contributed by atoms with Crippen LogP contribution in [0.25, 0.3) is 0 Å². The molecular formula is C17H23Cl2STi. The van der Waals surface area contributed by atoms with Crippen LogP contribution in [-0.4, -0.2) is 10.00 Å². The number of rotatable bonds is 4. The molecule has 115 valence electrons. The van der Waals surface area contributed by atoms with Crippen molar-refractivity contribution in [3.05, 3.63) is 44.9 Å². The Labute approximate surface area is 158 Å². The van der Waals surface area contributed by atoms with E-state index in [9.17, 15) is 0 Å². The van der Waals surface area contributed by atoms with Crippen LogP contribution < -0.4 is 24.8 Å². The Morgan fingerprint density at radius 2 is 1.95 bits per heavy atom. The zero-order valence-electron chi connectivity index (χ0n) is 13.2. The van der Waals surface area contributed by atoms with E-state index >= 15 is 0 Å². The van der Waals surface area contributed by atoms with Gasteiger partial charge >= 0.3 is 134 Å². The van der Waals surface area contributed by atoms with Gasteiger partial charge in [-0.15, -0.1) is 0 Å². The van der Waals surface area contributed by atoms with Crippen molar-refractivity contribution in [2.24, 2.45) is 0 Å². The molecule has 2 rings (SSSR count). The topological polar surface area (TPSA) is 0 Å². The van der Waals surface area contributed by atoms with Crippen molar-refractivity contribution >= 4 is 11.8 Å². The van der Waals surface area contributed by atoms with Gasteiger partial charge < -0.3 is 24.8 Å². The van der Waals surface area contributed by atoms with E-state index in [1.807, 2.05) is 0 Å². The molecule has 4 heteroatoms. The van der Waals surface area contributed by atoms with Crippen molar-refractivity contribution < 1.29 is 45.2 Å². The summed E-state index contributed by atoms with van der Waals surface area (Å²) in [6, 6.07) is 0. The fraction of sp³-hybridized carbons (Fsp3) is 0.529. The van der Waals surface area contributed by atoms with Crippen LogP contribution in [0.2, 0.25) is 0 Å². The molecule has 21 heavy (non-hydrogen) atoms. The van der Waals surface area contributed by atoms with Gasteiger partial charge in [0, 0.05) is 0 Å². The molecule has 0 aliphatic heterocycles. The van der Waals surface area contributed by atoms with E-state index in [1.54, 1.807) is 15.0 Å². The number of hydrogen-bond acceptors (Lipinski definition) is 1. The third-order valence-corrected chi connectivity index (χ3v) is 6.26. The van der Waals surface area contributed by atoms with E-state index in [1.165, 1.54) is 18.4 Å². The van der Waals surface area contributed by atoms with Gasteiger partial charge in [-0.3, -0.25) is 0 Å². The molecule has 2 aliphatic carbocycles. The first kappa shape index (κ1) is 21.6. The van der Waals surface area contributed by atoms with Gasteiger partial charge in [0.25, 0.3) is 0 Å². The maximum absolute atomic E-state index is 2.41. The van der Waals surface area contributed by atoms with Crippen LogP contribution in [0.15, 0.2) is 44.9 Å². The number of thioether (sulfide) groups is 1. The van der Waals surface area contributed by atoms with Gasteiger partial charge in [-0.25, -0.2) is 0 Å². The SMILES string of the molecule is CC1=CCC(CC2=[C]([Ti+2])CC=C2)(SC(C)C)C(C)=C1.[Cl-].[Cl-]. The van der Waals surface area contributed by atoms with E-state index in [2.05, 4.69) is 84.2 Å². The molecule has 0 bridgehead atoms. The number of halogens is 2. The molecule has 0 N–H and O–H groups in total. The molecule has 1 atom stereocenters. The van der Waals surface area contributed by atoms with Crippen LogP contribution in [-0.2, 0) is 20.4 Å². The predicted octanol–water partition coefficient (Wildman–Crippen LogP) is -0.678. The molecule has 0 fully saturated rings. The molecule has 0 aromatic rings. The minimum atomic E-state index is 0. The van der Waals surface area contributed by atoms with Gasteiger partial charge in [0.2, 0.25) is 0 Å². The molecule has 0 radical (unpaired) electrons. The molecular weight excluding hydrogens is 355 g/mol. The summed E-state index contributed by atoms with van der Waals surface area (Å²) < 4.78 is 1.83. The summed E-state index contributed by atoms with van der Waals surface area (Å²) in [6.45, 7) is 9.17. The van der Waals surface area contributed by atoms with Crippen molar-refractivity contribution in [1.82, 2.24) is 0 Å². The molecule has 0 aromatic heterocycles. The number of allylic oxidation sites excluding steroid dienone is 7. The van der Waals surface area contributed by atoms with Crippen LogP contribution in [0.1, 0.15) is 47.0 Å². The average Bonchev–Trinajstić information content (AvgIpc) is 2.69. The van der Waals surface area contributed by atoms with Crippen molar-refractivity contribution in [2.75, 3.05) is 0 Å². The fourth-order valence-electron chi connectivity index (χ4n) is 2.89. The van der Waals surface area contributed by atoms with Gasteiger partial charge in [0.05, 0.1) is 0 Å². The first-order valence-electron chi connectivity index (χ1n) is 7.06. The zero-order valence-corrected chi connectivity index (χ0v) is 17.1. The van der Waals surface area contributed by atoms with E-state index in [0.29, 0.717) is 5.25 Å². The van der Waals surface area contributed by atoms with Crippen LogP contribution in [0.3, 0.4) is 0 Å². The van der Waals surface area contributed by atoms with Crippen LogP contribution >= 0.6 is 11.8 Å². The summed E-state index contributed by atoms with van der Waals surface area (Å²) in [5.41, 5.74) is 4.53. The van der Waals surface area contributed by atoms with Crippen molar-refractivity contribution in [3.63, 3.8) is 0 Å². The minimum absolute atomic E-state index is 0. The van der Waals surface area contributed by atoms with E-state index in [-0.39, 0.29) is 29.6 Å². The second kappa shape index (κ2) is 9.04.